The topological polar surface area (TPSA) is 112 Å². The van der Waals surface area contributed by atoms with Gasteiger partial charge in [0.05, 0.1) is 24.4 Å². The molecule has 4 aromatic carbocycles. The highest BCUT2D eigenvalue weighted by molar-refractivity contribution is 6.06. The van der Waals surface area contributed by atoms with Crippen molar-refractivity contribution in [3.63, 3.8) is 0 Å². The SMILES string of the molecule is COc1cccc(C=NNC(=O)c2ccc(NC(=O)c3ccc4nc(-c5ccc(N(C)C)cc5)[nH]c4c3)cc2)c1. The molecule has 0 bridgehead atoms. The van der Waals surface area contributed by atoms with Gasteiger partial charge < -0.3 is 19.9 Å². The third-order valence-electron chi connectivity index (χ3n) is 6.28. The molecule has 0 saturated carbocycles. The van der Waals surface area contributed by atoms with Crippen molar-refractivity contribution in [3.05, 3.63) is 108 Å². The summed E-state index contributed by atoms with van der Waals surface area (Å²) in [6.45, 7) is 0. The summed E-state index contributed by atoms with van der Waals surface area (Å²) in [4.78, 5) is 35.4. The van der Waals surface area contributed by atoms with Crippen LogP contribution in [0.25, 0.3) is 22.4 Å². The third-order valence-corrected chi connectivity index (χ3v) is 6.28. The molecule has 9 nitrogen and oxygen atoms in total. The van der Waals surface area contributed by atoms with Gasteiger partial charge in [0.1, 0.15) is 11.6 Å². The highest BCUT2D eigenvalue weighted by atomic mass is 16.5. The normalized spacial score (nSPS) is 11.0. The summed E-state index contributed by atoms with van der Waals surface area (Å²) < 4.78 is 5.18. The smallest absolute Gasteiger partial charge is 0.271 e. The predicted octanol–water partition coefficient (Wildman–Crippen LogP) is 5.32. The Hall–Kier alpha value is -5.44. The van der Waals surface area contributed by atoms with E-state index in [0.717, 1.165) is 33.7 Å². The highest BCUT2D eigenvalue weighted by Crippen LogP contribution is 2.24. The van der Waals surface area contributed by atoms with Gasteiger partial charge in [0, 0.05) is 42.2 Å². The van der Waals surface area contributed by atoms with Crippen molar-refractivity contribution in [3.8, 4) is 17.1 Å². The number of hydrazone groups is 1. The summed E-state index contributed by atoms with van der Waals surface area (Å²) in [5.74, 6) is 0.801. The molecule has 0 radical (unpaired) electrons. The van der Waals surface area contributed by atoms with Gasteiger partial charge in [-0.05, 0) is 84.4 Å². The standard InChI is InChI=1S/C31H28N6O3/c1-37(2)25-14-9-21(10-15-25)29-34-27-16-11-23(18-28(27)35-29)30(38)33-24-12-7-22(8-13-24)31(39)36-32-19-20-5-4-6-26(17-20)40-3/h4-19H,1-3H3,(H,33,38)(H,34,35)(H,36,39). The number of carbonyl (C=O) groups excluding carboxylic acids is 2. The second-order valence-corrected chi connectivity index (χ2v) is 9.27. The first-order valence-corrected chi connectivity index (χ1v) is 12.6. The summed E-state index contributed by atoms with van der Waals surface area (Å²) in [7, 11) is 5.58. The first kappa shape index (κ1) is 26.2. The Morgan fingerprint density at radius 3 is 2.38 bits per heavy atom. The number of aromatic amines is 1. The number of anilines is 2. The van der Waals surface area contributed by atoms with Gasteiger partial charge in [-0.2, -0.15) is 5.10 Å². The van der Waals surface area contributed by atoms with Crippen molar-refractivity contribution in [2.24, 2.45) is 5.10 Å². The molecule has 0 saturated heterocycles. The average Bonchev–Trinajstić information content (AvgIpc) is 3.41. The van der Waals surface area contributed by atoms with Gasteiger partial charge in [0.25, 0.3) is 11.8 Å². The zero-order chi connectivity index (χ0) is 28.1. The van der Waals surface area contributed by atoms with Crippen LogP contribution in [-0.4, -0.2) is 49.2 Å². The molecule has 0 aliphatic heterocycles. The minimum atomic E-state index is -0.367. The van der Waals surface area contributed by atoms with Crippen molar-refractivity contribution in [1.29, 1.82) is 0 Å². The van der Waals surface area contributed by atoms with E-state index in [-0.39, 0.29) is 11.8 Å². The number of ether oxygens (including phenoxy) is 1. The Morgan fingerprint density at radius 2 is 1.65 bits per heavy atom. The third kappa shape index (κ3) is 5.99. The van der Waals surface area contributed by atoms with Gasteiger partial charge in [-0.1, -0.05) is 12.1 Å². The van der Waals surface area contributed by atoms with Crippen LogP contribution in [0.4, 0.5) is 11.4 Å². The molecule has 2 amide bonds. The molecule has 0 atom stereocenters. The van der Waals surface area contributed by atoms with E-state index in [1.807, 2.05) is 67.5 Å². The van der Waals surface area contributed by atoms with Gasteiger partial charge in [0.15, 0.2) is 0 Å². The maximum Gasteiger partial charge on any atom is 0.271 e. The van der Waals surface area contributed by atoms with Gasteiger partial charge in [-0.3, -0.25) is 9.59 Å². The van der Waals surface area contributed by atoms with Crippen LogP contribution in [0, 0.1) is 0 Å². The van der Waals surface area contributed by atoms with Crippen molar-refractivity contribution < 1.29 is 14.3 Å². The van der Waals surface area contributed by atoms with Crippen LogP contribution in [0.3, 0.4) is 0 Å². The molecule has 1 aromatic heterocycles. The number of H-pyrrole nitrogens is 1. The fraction of sp³-hybridized carbons (Fsp3) is 0.0968. The second kappa shape index (κ2) is 11.5. The lowest BCUT2D eigenvalue weighted by molar-refractivity contribution is 0.0954. The van der Waals surface area contributed by atoms with Crippen LogP contribution in [0.5, 0.6) is 5.75 Å². The molecule has 0 unspecified atom stereocenters. The van der Waals surface area contributed by atoms with E-state index in [1.165, 1.54) is 6.21 Å². The zero-order valence-corrected chi connectivity index (χ0v) is 22.3. The van der Waals surface area contributed by atoms with Crippen LogP contribution >= 0.6 is 0 Å². The number of benzene rings is 4. The molecular formula is C31H28N6O3. The quantitative estimate of drug-likeness (QED) is 0.185. The fourth-order valence-corrected chi connectivity index (χ4v) is 4.07. The average molecular weight is 533 g/mol. The lowest BCUT2D eigenvalue weighted by Gasteiger charge is -2.11. The van der Waals surface area contributed by atoms with Crippen LogP contribution in [0.15, 0.2) is 96.1 Å². The molecule has 5 aromatic rings. The predicted molar refractivity (Wildman–Crippen MR) is 158 cm³/mol. The van der Waals surface area contributed by atoms with Gasteiger partial charge in [-0.15, -0.1) is 0 Å². The number of hydrogen-bond acceptors (Lipinski definition) is 6. The fourth-order valence-electron chi connectivity index (χ4n) is 4.07. The Labute approximate surface area is 231 Å². The number of methoxy groups -OCH3 is 1. The summed E-state index contributed by atoms with van der Waals surface area (Å²) in [6, 6.07) is 27.3. The number of imidazole rings is 1. The molecule has 0 spiro atoms. The van der Waals surface area contributed by atoms with E-state index in [1.54, 1.807) is 49.6 Å². The molecule has 3 N–H and O–H groups in total. The Kier molecular flexibility index (Phi) is 7.54. The Bertz CT molecular complexity index is 1690. The monoisotopic (exact) mass is 532 g/mol. The first-order chi connectivity index (χ1) is 19.4. The highest BCUT2D eigenvalue weighted by Gasteiger charge is 2.12. The zero-order valence-electron chi connectivity index (χ0n) is 22.3. The molecule has 200 valence electrons. The minimum Gasteiger partial charge on any atom is -0.497 e. The summed E-state index contributed by atoms with van der Waals surface area (Å²) in [5.41, 5.74) is 8.35. The molecule has 9 heteroatoms. The summed E-state index contributed by atoms with van der Waals surface area (Å²) in [6.07, 6.45) is 1.54. The Balaban J connectivity index is 1.21. The van der Waals surface area contributed by atoms with E-state index >= 15 is 0 Å². The molecule has 40 heavy (non-hydrogen) atoms. The maximum atomic E-state index is 12.9. The van der Waals surface area contributed by atoms with Crippen molar-refractivity contribution in [2.75, 3.05) is 31.4 Å². The van der Waals surface area contributed by atoms with Gasteiger partial charge in [0.2, 0.25) is 0 Å². The number of hydrogen-bond donors (Lipinski definition) is 3. The van der Waals surface area contributed by atoms with Gasteiger partial charge in [-0.25, -0.2) is 10.4 Å². The summed E-state index contributed by atoms with van der Waals surface area (Å²) in [5, 5.41) is 6.87. The minimum absolute atomic E-state index is 0.270. The van der Waals surface area contributed by atoms with E-state index < -0.39 is 0 Å². The maximum absolute atomic E-state index is 12.9. The van der Waals surface area contributed by atoms with Crippen molar-refractivity contribution >= 4 is 40.4 Å². The number of rotatable bonds is 8. The van der Waals surface area contributed by atoms with Crippen LogP contribution in [-0.2, 0) is 0 Å². The molecule has 1 heterocycles. The number of carbonyl (C=O) groups is 2. The lowest BCUT2D eigenvalue weighted by Crippen LogP contribution is -2.17. The van der Waals surface area contributed by atoms with Gasteiger partial charge >= 0.3 is 0 Å². The Morgan fingerprint density at radius 1 is 0.900 bits per heavy atom. The van der Waals surface area contributed by atoms with Crippen LogP contribution < -0.4 is 20.4 Å². The van der Waals surface area contributed by atoms with Crippen LogP contribution in [0.2, 0.25) is 0 Å². The van der Waals surface area contributed by atoms with Crippen molar-refractivity contribution in [2.45, 2.75) is 0 Å². The number of amides is 2. The van der Waals surface area contributed by atoms with E-state index in [9.17, 15) is 9.59 Å². The second-order valence-electron chi connectivity index (χ2n) is 9.27. The number of aromatic nitrogens is 2. The molecule has 5 rings (SSSR count). The molecule has 0 aliphatic rings. The first-order valence-electron chi connectivity index (χ1n) is 12.6. The van der Waals surface area contributed by atoms with E-state index in [4.69, 9.17) is 4.74 Å². The lowest BCUT2D eigenvalue weighted by atomic mass is 10.1. The number of nitrogens with one attached hydrogen (secondary N) is 3. The largest absolute Gasteiger partial charge is 0.497 e. The van der Waals surface area contributed by atoms with Crippen molar-refractivity contribution in [1.82, 2.24) is 15.4 Å². The molecular weight excluding hydrogens is 504 g/mol. The number of nitrogens with zero attached hydrogens (tertiary/aromatic N) is 3. The van der Waals surface area contributed by atoms with Crippen LogP contribution in [0.1, 0.15) is 26.3 Å². The summed E-state index contributed by atoms with van der Waals surface area (Å²) >= 11 is 0. The van der Waals surface area contributed by atoms with E-state index in [2.05, 4.69) is 25.8 Å². The molecule has 0 aliphatic carbocycles. The number of fused-ring (bicyclic) bond motifs is 1. The molecule has 0 fully saturated rings. The van der Waals surface area contributed by atoms with E-state index in [0.29, 0.717) is 22.6 Å².